The zero-order chi connectivity index (χ0) is 16.5. The minimum atomic E-state index is 0.779. The van der Waals surface area contributed by atoms with Gasteiger partial charge in [0.2, 0.25) is 0 Å². The van der Waals surface area contributed by atoms with Crippen LogP contribution in [0.3, 0.4) is 0 Å². The van der Waals surface area contributed by atoms with Crippen molar-refractivity contribution in [3.63, 3.8) is 0 Å². The van der Waals surface area contributed by atoms with Gasteiger partial charge in [-0.2, -0.15) is 0 Å². The highest BCUT2D eigenvalue weighted by Crippen LogP contribution is 2.15. The predicted octanol–water partition coefficient (Wildman–Crippen LogP) is 4.41. The van der Waals surface area contributed by atoms with E-state index in [9.17, 15) is 0 Å². The molecule has 0 aliphatic carbocycles. The summed E-state index contributed by atoms with van der Waals surface area (Å²) in [4.78, 5) is 11.0. The highest BCUT2D eigenvalue weighted by atomic mass is 35.5. The molecule has 0 fully saturated rings. The average molecular weight is 333 g/mol. The number of nitrogens with zero attached hydrogens (tertiary/aromatic N) is 3. The third-order valence-corrected chi connectivity index (χ3v) is 3.81. The lowest BCUT2D eigenvalue weighted by Crippen LogP contribution is -2.26. The molecular formula is C18H25ClN4. The second kappa shape index (κ2) is 9.36. The zero-order valence-electron chi connectivity index (χ0n) is 13.9. The lowest BCUT2D eigenvalue weighted by atomic mass is 10.1. The Hall–Kier alpha value is -1.81. The van der Waals surface area contributed by atoms with Crippen LogP contribution in [0.15, 0.2) is 36.7 Å². The Bertz CT molecular complexity index is 597. The number of aromatic nitrogens is 2. The van der Waals surface area contributed by atoms with Crippen molar-refractivity contribution in [1.82, 2.24) is 9.97 Å². The number of halogens is 1. The molecular weight excluding hydrogens is 308 g/mol. The Morgan fingerprint density at radius 1 is 1.09 bits per heavy atom. The number of benzene rings is 1. The SMILES string of the molecule is CCCN(CCC)c1cc(NCCc2cccc(Cl)c2)ncn1. The maximum absolute atomic E-state index is 6.01. The Morgan fingerprint density at radius 2 is 1.87 bits per heavy atom. The second-order valence-corrected chi connectivity index (χ2v) is 5.99. The molecule has 0 radical (unpaired) electrons. The quantitative estimate of drug-likeness (QED) is 0.738. The molecule has 1 N–H and O–H groups in total. The summed E-state index contributed by atoms with van der Waals surface area (Å²) in [6.07, 6.45) is 4.77. The number of hydrogen-bond acceptors (Lipinski definition) is 4. The first kappa shape index (κ1) is 17.5. The van der Waals surface area contributed by atoms with E-state index in [-0.39, 0.29) is 0 Å². The first-order chi connectivity index (χ1) is 11.2. The number of hydrogen-bond donors (Lipinski definition) is 1. The minimum Gasteiger partial charge on any atom is -0.370 e. The van der Waals surface area contributed by atoms with E-state index < -0.39 is 0 Å². The second-order valence-electron chi connectivity index (χ2n) is 5.56. The highest BCUT2D eigenvalue weighted by molar-refractivity contribution is 6.30. The van der Waals surface area contributed by atoms with Crippen LogP contribution in [0.2, 0.25) is 5.02 Å². The third-order valence-electron chi connectivity index (χ3n) is 3.57. The standard InChI is InChI=1S/C18H25ClN4/c1-3-10-23(11-4-2)18-13-17(21-14-22-18)20-9-8-15-6-5-7-16(19)12-15/h5-7,12-14H,3-4,8-11H2,1-2H3,(H,20,21,22). The van der Waals surface area contributed by atoms with Crippen molar-refractivity contribution in [3.8, 4) is 0 Å². The van der Waals surface area contributed by atoms with Crippen LogP contribution in [0, 0.1) is 0 Å². The van der Waals surface area contributed by atoms with E-state index in [0.29, 0.717) is 0 Å². The molecule has 2 aromatic rings. The summed E-state index contributed by atoms with van der Waals surface area (Å²) < 4.78 is 0. The molecule has 0 saturated heterocycles. The Kier molecular flexibility index (Phi) is 7.14. The summed E-state index contributed by atoms with van der Waals surface area (Å²) in [6, 6.07) is 9.99. The first-order valence-corrected chi connectivity index (χ1v) is 8.66. The van der Waals surface area contributed by atoms with E-state index in [2.05, 4.69) is 40.1 Å². The monoisotopic (exact) mass is 332 g/mol. The van der Waals surface area contributed by atoms with Gasteiger partial charge in [-0.3, -0.25) is 0 Å². The largest absolute Gasteiger partial charge is 0.370 e. The molecule has 0 spiro atoms. The summed E-state index contributed by atoms with van der Waals surface area (Å²) >= 11 is 6.01. The molecule has 23 heavy (non-hydrogen) atoms. The van der Waals surface area contributed by atoms with Gasteiger partial charge < -0.3 is 10.2 Å². The fraction of sp³-hybridized carbons (Fsp3) is 0.444. The van der Waals surface area contributed by atoms with Crippen molar-refractivity contribution in [1.29, 1.82) is 0 Å². The number of nitrogens with one attached hydrogen (secondary N) is 1. The van der Waals surface area contributed by atoms with Gasteiger partial charge in [-0.05, 0) is 37.0 Å². The molecule has 0 saturated carbocycles. The highest BCUT2D eigenvalue weighted by Gasteiger charge is 2.07. The van der Waals surface area contributed by atoms with Gasteiger partial charge in [0.1, 0.15) is 18.0 Å². The van der Waals surface area contributed by atoms with E-state index in [1.165, 1.54) is 5.56 Å². The van der Waals surface area contributed by atoms with E-state index in [1.54, 1.807) is 6.33 Å². The van der Waals surface area contributed by atoms with E-state index in [0.717, 1.165) is 55.6 Å². The Balaban J connectivity index is 1.94. The van der Waals surface area contributed by atoms with Crippen molar-refractivity contribution in [3.05, 3.63) is 47.2 Å². The molecule has 0 bridgehead atoms. The first-order valence-electron chi connectivity index (χ1n) is 8.28. The molecule has 0 aliphatic rings. The maximum atomic E-state index is 6.01. The molecule has 124 valence electrons. The van der Waals surface area contributed by atoms with Crippen molar-refractivity contribution in [2.45, 2.75) is 33.1 Å². The van der Waals surface area contributed by atoms with E-state index >= 15 is 0 Å². The normalized spacial score (nSPS) is 10.6. The Labute approximate surface area is 143 Å². The van der Waals surface area contributed by atoms with Gasteiger partial charge in [-0.1, -0.05) is 37.6 Å². The lowest BCUT2D eigenvalue weighted by molar-refractivity contribution is 0.732. The minimum absolute atomic E-state index is 0.779. The molecule has 0 atom stereocenters. The van der Waals surface area contributed by atoms with Crippen molar-refractivity contribution in [2.24, 2.45) is 0 Å². The topological polar surface area (TPSA) is 41.0 Å². The lowest BCUT2D eigenvalue weighted by Gasteiger charge is -2.22. The van der Waals surface area contributed by atoms with Gasteiger partial charge in [0.05, 0.1) is 0 Å². The van der Waals surface area contributed by atoms with Gasteiger partial charge >= 0.3 is 0 Å². The van der Waals surface area contributed by atoms with Crippen molar-refractivity contribution in [2.75, 3.05) is 29.9 Å². The molecule has 1 aromatic heterocycles. The van der Waals surface area contributed by atoms with Crippen LogP contribution in [-0.2, 0) is 6.42 Å². The summed E-state index contributed by atoms with van der Waals surface area (Å²) in [7, 11) is 0. The molecule has 0 amide bonds. The predicted molar refractivity (Wildman–Crippen MR) is 98.5 cm³/mol. The zero-order valence-corrected chi connectivity index (χ0v) is 14.7. The molecule has 5 heteroatoms. The molecule has 2 rings (SSSR count). The number of anilines is 2. The van der Waals surface area contributed by atoms with Crippen molar-refractivity contribution < 1.29 is 0 Å². The smallest absolute Gasteiger partial charge is 0.134 e. The summed E-state index contributed by atoms with van der Waals surface area (Å²) in [6.45, 7) is 7.24. The van der Waals surface area contributed by atoms with Crippen LogP contribution in [0.25, 0.3) is 0 Å². The van der Waals surface area contributed by atoms with Gasteiger partial charge in [0, 0.05) is 30.7 Å². The van der Waals surface area contributed by atoms with Crippen LogP contribution in [0.5, 0.6) is 0 Å². The van der Waals surface area contributed by atoms with Crippen LogP contribution in [0.1, 0.15) is 32.3 Å². The number of rotatable bonds is 9. The summed E-state index contributed by atoms with van der Waals surface area (Å²) in [5.41, 5.74) is 1.22. The summed E-state index contributed by atoms with van der Waals surface area (Å²) in [5.74, 6) is 1.86. The fourth-order valence-electron chi connectivity index (χ4n) is 2.52. The summed E-state index contributed by atoms with van der Waals surface area (Å²) in [5, 5.41) is 4.15. The van der Waals surface area contributed by atoms with Gasteiger partial charge in [0.25, 0.3) is 0 Å². The molecule has 1 aromatic carbocycles. The molecule has 0 aliphatic heterocycles. The van der Waals surface area contributed by atoms with E-state index in [1.807, 2.05) is 24.3 Å². The third kappa shape index (κ3) is 5.71. The average Bonchev–Trinajstić information content (AvgIpc) is 2.55. The molecule has 0 unspecified atom stereocenters. The van der Waals surface area contributed by atoms with Crippen LogP contribution in [0.4, 0.5) is 11.6 Å². The Morgan fingerprint density at radius 3 is 2.57 bits per heavy atom. The fourth-order valence-corrected chi connectivity index (χ4v) is 2.74. The molecule has 1 heterocycles. The van der Waals surface area contributed by atoms with E-state index in [4.69, 9.17) is 11.6 Å². The molecule has 4 nitrogen and oxygen atoms in total. The van der Waals surface area contributed by atoms with Crippen molar-refractivity contribution >= 4 is 23.2 Å². The maximum Gasteiger partial charge on any atom is 0.134 e. The van der Waals surface area contributed by atoms with Crippen LogP contribution < -0.4 is 10.2 Å². The van der Waals surface area contributed by atoms with Gasteiger partial charge in [0.15, 0.2) is 0 Å². The van der Waals surface area contributed by atoms with Crippen LogP contribution in [-0.4, -0.2) is 29.6 Å². The van der Waals surface area contributed by atoms with Gasteiger partial charge in [-0.25, -0.2) is 9.97 Å². The van der Waals surface area contributed by atoms with Crippen LogP contribution >= 0.6 is 11.6 Å². The van der Waals surface area contributed by atoms with Gasteiger partial charge in [-0.15, -0.1) is 0 Å².